The maximum Gasteiger partial charge on any atom is 0.246 e. The highest BCUT2D eigenvalue weighted by molar-refractivity contribution is 7.89. The summed E-state index contributed by atoms with van der Waals surface area (Å²) in [5, 5.41) is 6.08. The van der Waals surface area contributed by atoms with Gasteiger partial charge < -0.3 is 20.1 Å². The van der Waals surface area contributed by atoms with E-state index >= 15 is 0 Å². The van der Waals surface area contributed by atoms with Crippen LogP contribution in [0.3, 0.4) is 0 Å². The van der Waals surface area contributed by atoms with Gasteiger partial charge in [0.05, 0.1) is 26.7 Å². The molecule has 2 N–H and O–H groups in total. The summed E-state index contributed by atoms with van der Waals surface area (Å²) in [5.74, 6) is 0.117. The van der Waals surface area contributed by atoms with Gasteiger partial charge in [-0.1, -0.05) is 13.0 Å². The van der Waals surface area contributed by atoms with E-state index in [9.17, 15) is 13.2 Å². The lowest BCUT2D eigenvalue weighted by molar-refractivity contribution is -0.120. The number of hydrogen-bond donors (Lipinski definition) is 2. The van der Waals surface area contributed by atoms with Gasteiger partial charge in [0.15, 0.2) is 0 Å². The zero-order chi connectivity index (χ0) is 19.9. The van der Waals surface area contributed by atoms with Gasteiger partial charge in [-0.2, -0.15) is 4.31 Å². The number of ether oxygens (including phenoxy) is 2. The minimum absolute atomic E-state index is 0. The van der Waals surface area contributed by atoms with Gasteiger partial charge in [-0.25, -0.2) is 8.42 Å². The molecule has 1 aromatic rings. The number of rotatable bonds is 9. The molecule has 1 amide bonds. The monoisotopic (exact) mass is 435 g/mol. The maximum absolute atomic E-state index is 13.0. The van der Waals surface area contributed by atoms with Crippen molar-refractivity contribution < 1.29 is 22.7 Å². The van der Waals surface area contributed by atoms with Gasteiger partial charge in [-0.05, 0) is 31.2 Å². The molecule has 0 spiro atoms. The molecule has 0 aliphatic carbocycles. The molecule has 0 bridgehead atoms. The third kappa shape index (κ3) is 6.59. The van der Waals surface area contributed by atoms with E-state index in [-0.39, 0.29) is 41.4 Å². The molecule has 1 saturated heterocycles. The van der Waals surface area contributed by atoms with Gasteiger partial charge in [0.1, 0.15) is 10.6 Å². The summed E-state index contributed by atoms with van der Waals surface area (Å²) >= 11 is 0. The SMILES string of the molecule is CCN[C@H](C)CNC(=O)Cc1ccc(OC)c(S(=O)(=O)N2CCOCC2)c1.Cl. The third-order valence-electron chi connectivity index (χ3n) is 4.34. The molecule has 1 atom stereocenters. The van der Waals surface area contributed by atoms with Crippen molar-refractivity contribution in [1.82, 2.24) is 14.9 Å². The minimum Gasteiger partial charge on any atom is -0.495 e. The molecular weight excluding hydrogens is 406 g/mol. The Morgan fingerprint density at radius 2 is 2.00 bits per heavy atom. The Balaban J connectivity index is 0.00000392. The van der Waals surface area contributed by atoms with Crippen LogP contribution in [0.4, 0.5) is 0 Å². The van der Waals surface area contributed by atoms with Crippen LogP contribution in [0.2, 0.25) is 0 Å². The molecule has 1 aliphatic rings. The lowest BCUT2D eigenvalue weighted by Crippen LogP contribution is -2.40. The molecule has 2 rings (SSSR count). The first kappa shape index (κ1) is 24.6. The quantitative estimate of drug-likeness (QED) is 0.595. The maximum atomic E-state index is 13.0. The van der Waals surface area contributed by atoms with E-state index < -0.39 is 10.0 Å². The van der Waals surface area contributed by atoms with E-state index in [1.807, 2.05) is 13.8 Å². The summed E-state index contributed by atoms with van der Waals surface area (Å²) in [6.07, 6.45) is 0.106. The Morgan fingerprint density at radius 3 is 2.61 bits per heavy atom. The highest BCUT2D eigenvalue weighted by atomic mass is 35.5. The third-order valence-corrected chi connectivity index (χ3v) is 6.26. The van der Waals surface area contributed by atoms with Crippen molar-refractivity contribution in [3.05, 3.63) is 23.8 Å². The first-order chi connectivity index (χ1) is 12.9. The van der Waals surface area contributed by atoms with E-state index in [0.717, 1.165) is 6.54 Å². The zero-order valence-corrected chi connectivity index (χ0v) is 18.2. The molecule has 0 radical (unpaired) electrons. The number of nitrogens with one attached hydrogen (secondary N) is 2. The number of carbonyl (C=O) groups excluding carboxylic acids is 1. The number of carbonyl (C=O) groups is 1. The topological polar surface area (TPSA) is 97.0 Å². The van der Waals surface area contributed by atoms with Crippen molar-refractivity contribution in [1.29, 1.82) is 0 Å². The first-order valence-electron chi connectivity index (χ1n) is 9.13. The van der Waals surface area contributed by atoms with Gasteiger partial charge in [0, 0.05) is 25.7 Å². The summed E-state index contributed by atoms with van der Waals surface area (Å²) in [7, 11) is -2.28. The van der Waals surface area contributed by atoms with Crippen LogP contribution in [-0.4, -0.2) is 71.2 Å². The van der Waals surface area contributed by atoms with Crippen molar-refractivity contribution in [2.24, 2.45) is 0 Å². The standard InChI is InChI=1S/C18H29N3O5S.ClH/c1-4-19-14(2)13-20-18(22)12-15-5-6-16(25-3)17(11-15)27(23,24)21-7-9-26-10-8-21;/h5-6,11,14,19H,4,7-10,12-13H2,1-3H3,(H,20,22);1H/t14-;/m1./s1. The Bertz CT molecular complexity index is 739. The molecule has 160 valence electrons. The number of halogens is 1. The van der Waals surface area contributed by atoms with E-state index in [0.29, 0.717) is 38.4 Å². The largest absolute Gasteiger partial charge is 0.495 e. The zero-order valence-electron chi connectivity index (χ0n) is 16.6. The van der Waals surface area contributed by atoms with Crippen molar-refractivity contribution in [2.75, 3.05) is 46.5 Å². The van der Waals surface area contributed by atoms with Gasteiger partial charge in [-0.15, -0.1) is 12.4 Å². The fourth-order valence-corrected chi connectivity index (χ4v) is 4.51. The highest BCUT2D eigenvalue weighted by Gasteiger charge is 2.29. The van der Waals surface area contributed by atoms with Crippen molar-refractivity contribution in [3.63, 3.8) is 0 Å². The number of nitrogens with zero attached hydrogens (tertiary/aromatic N) is 1. The smallest absolute Gasteiger partial charge is 0.246 e. The van der Waals surface area contributed by atoms with Crippen LogP contribution in [0.25, 0.3) is 0 Å². The average Bonchev–Trinajstić information content (AvgIpc) is 2.67. The minimum atomic E-state index is -3.71. The first-order valence-corrected chi connectivity index (χ1v) is 10.6. The van der Waals surface area contributed by atoms with Crippen LogP contribution in [0.15, 0.2) is 23.1 Å². The molecule has 0 aromatic heterocycles. The summed E-state index contributed by atoms with van der Waals surface area (Å²) < 4.78 is 37.8. The van der Waals surface area contributed by atoms with E-state index in [1.54, 1.807) is 12.1 Å². The predicted octanol–water partition coefficient (Wildman–Crippen LogP) is 0.795. The molecule has 28 heavy (non-hydrogen) atoms. The fraction of sp³-hybridized carbons (Fsp3) is 0.611. The van der Waals surface area contributed by atoms with Crippen LogP contribution < -0.4 is 15.4 Å². The Morgan fingerprint density at radius 1 is 1.32 bits per heavy atom. The molecular formula is C18H30ClN3O5S. The Hall–Kier alpha value is -1.39. The number of likely N-dealkylation sites (N-methyl/N-ethyl adjacent to an activating group) is 1. The number of benzene rings is 1. The van der Waals surface area contributed by atoms with Crippen molar-refractivity contribution in [3.8, 4) is 5.75 Å². The Kier molecular flexibility index (Phi) is 10.2. The molecule has 8 nitrogen and oxygen atoms in total. The van der Waals surface area contributed by atoms with Crippen LogP contribution in [-0.2, 0) is 26.0 Å². The van der Waals surface area contributed by atoms with Gasteiger partial charge in [0.25, 0.3) is 0 Å². The van der Waals surface area contributed by atoms with Crippen LogP contribution in [0.5, 0.6) is 5.75 Å². The van der Waals surface area contributed by atoms with Crippen LogP contribution >= 0.6 is 12.4 Å². The second-order valence-electron chi connectivity index (χ2n) is 6.44. The average molecular weight is 436 g/mol. The Labute approximate surface area is 173 Å². The number of amides is 1. The number of methoxy groups -OCH3 is 1. The molecule has 1 aromatic carbocycles. The van der Waals surface area contributed by atoms with Crippen molar-refractivity contribution in [2.45, 2.75) is 31.2 Å². The summed E-state index contributed by atoms with van der Waals surface area (Å²) in [6.45, 7) is 6.69. The number of morpholine rings is 1. The lowest BCUT2D eigenvalue weighted by atomic mass is 10.1. The van der Waals surface area contributed by atoms with E-state index in [2.05, 4.69) is 10.6 Å². The molecule has 0 unspecified atom stereocenters. The van der Waals surface area contributed by atoms with E-state index in [1.165, 1.54) is 17.5 Å². The second kappa shape index (κ2) is 11.6. The second-order valence-corrected chi connectivity index (χ2v) is 8.35. The molecule has 0 saturated carbocycles. The molecule has 1 heterocycles. The fourth-order valence-electron chi connectivity index (χ4n) is 2.89. The number of sulfonamides is 1. The van der Waals surface area contributed by atoms with Gasteiger partial charge >= 0.3 is 0 Å². The summed E-state index contributed by atoms with van der Waals surface area (Å²) in [6, 6.07) is 5.01. The van der Waals surface area contributed by atoms with Crippen molar-refractivity contribution >= 4 is 28.3 Å². The summed E-state index contributed by atoms with van der Waals surface area (Å²) in [4.78, 5) is 12.3. The molecule has 1 aliphatic heterocycles. The number of hydrogen-bond acceptors (Lipinski definition) is 6. The normalized spacial score (nSPS) is 16.1. The predicted molar refractivity (Wildman–Crippen MR) is 110 cm³/mol. The lowest BCUT2D eigenvalue weighted by Gasteiger charge is -2.26. The van der Waals surface area contributed by atoms with E-state index in [4.69, 9.17) is 9.47 Å². The van der Waals surface area contributed by atoms with Gasteiger partial charge in [0.2, 0.25) is 15.9 Å². The highest BCUT2D eigenvalue weighted by Crippen LogP contribution is 2.28. The van der Waals surface area contributed by atoms with Crippen LogP contribution in [0, 0.1) is 0 Å². The molecule has 1 fully saturated rings. The summed E-state index contributed by atoms with van der Waals surface area (Å²) in [5.41, 5.74) is 0.622. The van der Waals surface area contributed by atoms with Crippen LogP contribution in [0.1, 0.15) is 19.4 Å². The van der Waals surface area contributed by atoms with Gasteiger partial charge in [-0.3, -0.25) is 4.79 Å². The molecule has 10 heteroatoms.